The highest BCUT2D eigenvalue weighted by Gasteiger charge is 2.46. The summed E-state index contributed by atoms with van der Waals surface area (Å²) in [6.45, 7) is -1.05. The number of rotatable bonds is 3. The van der Waals surface area contributed by atoms with E-state index in [-0.39, 0.29) is 0 Å². The number of carbonyl (C=O) groups is 1. The van der Waals surface area contributed by atoms with Crippen LogP contribution in [0.25, 0.3) is 0 Å². The zero-order valence-corrected chi connectivity index (χ0v) is 9.56. The number of benzene rings is 1. The number of hydrogen-bond acceptors (Lipinski definition) is 4. The van der Waals surface area contributed by atoms with Crippen LogP contribution >= 0.6 is 11.8 Å². The standard InChI is InChI=1S/C10H10FN3O2S/c11-6-16-10(8-4-2-1-3-5-8)14(9(12)15)13-7-17-10/h1-5,7H,6H2,(H2,12,15). The number of hydrazone groups is 1. The van der Waals surface area contributed by atoms with Gasteiger partial charge in [0.1, 0.15) is 0 Å². The summed E-state index contributed by atoms with van der Waals surface area (Å²) in [5, 5.41) is 3.37. The monoisotopic (exact) mass is 255 g/mol. The summed E-state index contributed by atoms with van der Waals surface area (Å²) in [6, 6.07) is 7.96. The van der Waals surface area contributed by atoms with Crippen LogP contribution in [0, 0.1) is 0 Å². The van der Waals surface area contributed by atoms with Crippen LogP contribution in [0.1, 0.15) is 5.56 Å². The van der Waals surface area contributed by atoms with Gasteiger partial charge in [-0.25, -0.2) is 9.18 Å². The maximum atomic E-state index is 12.5. The molecule has 0 radical (unpaired) electrons. The first-order chi connectivity index (χ1) is 8.20. The largest absolute Gasteiger partial charge is 0.350 e. The first-order valence-electron chi connectivity index (χ1n) is 4.76. The van der Waals surface area contributed by atoms with Crippen molar-refractivity contribution in [3.05, 3.63) is 35.9 Å². The summed E-state index contributed by atoms with van der Waals surface area (Å²) >= 11 is 1.08. The molecule has 2 N–H and O–H groups in total. The number of thioether (sulfide) groups is 1. The second-order valence-corrected chi connectivity index (χ2v) is 4.19. The van der Waals surface area contributed by atoms with Crippen molar-refractivity contribution < 1.29 is 13.9 Å². The fourth-order valence-electron chi connectivity index (χ4n) is 1.56. The smallest absolute Gasteiger partial charge is 0.338 e. The van der Waals surface area contributed by atoms with Gasteiger partial charge >= 0.3 is 6.03 Å². The van der Waals surface area contributed by atoms with E-state index in [1.54, 1.807) is 24.3 Å². The second-order valence-electron chi connectivity index (χ2n) is 3.19. The number of nitrogens with zero attached hydrogens (tertiary/aromatic N) is 2. The average Bonchev–Trinajstić information content (AvgIpc) is 2.76. The van der Waals surface area contributed by atoms with Crippen molar-refractivity contribution in [3.63, 3.8) is 0 Å². The molecule has 1 unspecified atom stereocenters. The van der Waals surface area contributed by atoms with Gasteiger partial charge < -0.3 is 10.5 Å². The maximum absolute atomic E-state index is 12.5. The van der Waals surface area contributed by atoms with Gasteiger partial charge in [0.25, 0.3) is 0 Å². The highest BCUT2D eigenvalue weighted by atomic mass is 32.2. The topological polar surface area (TPSA) is 67.9 Å². The number of ether oxygens (including phenoxy) is 1. The summed E-state index contributed by atoms with van der Waals surface area (Å²) < 4.78 is 17.6. The van der Waals surface area contributed by atoms with Crippen LogP contribution in [0.5, 0.6) is 0 Å². The number of carbonyl (C=O) groups excluding carboxylic acids is 1. The number of halogens is 1. The highest BCUT2D eigenvalue weighted by Crippen LogP contribution is 2.43. The number of nitrogens with two attached hydrogens (primary N) is 1. The Morgan fingerprint density at radius 2 is 2.24 bits per heavy atom. The van der Waals surface area contributed by atoms with E-state index in [1.165, 1.54) is 5.55 Å². The lowest BCUT2D eigenvalue weighted by Gasteiger charge is -2.32. The lowest BCUT2D eigenvalue weighted by Crippen LogP contribution is -2.46. The summed E-state index contributed by atoms with van der Waals surface area (Å²) in [4.78, 5) is 11.3. The van der Waals surface area contributed by atoms with Gasteiger partial charge in [0.15, 0.2) is 6.86 Å². The lowest BCUT2D eigenvalue weighted by atomic mass is 10.2. The van der Waals surface area contributed by atoms with Crippen LogP contribution in [-0.2, 0) is 9.79 Å². The molecule has 1 aromatic carbocycles. The van der Waals surface area contributed by atoms with Crippen LogP contribution in [-0.4, -0.2) is 23.4 Å². The predicted molar refractivity (Wildman–Crippen MR) is 62.7 cm³/mol. The first kappa shape index (κ1) is 11.9. The Morgan fingerprint density at radius 1 is 1.53 bits per heavy atom. The lowest BCUT2D eigenvalue weighted by molar-refractivity contribution is -0.0993. The molecule has 2 rings (SSSR count). The Kier molecular flexibility index (Phi) is 3.30. The molecule has 2 amide bonds. The minimum Gasteiger partial charge on any atom is -0.350 e. The fourth-order valence-corrected chi connectivity index (χ4v) is 2.47. The van der Waals surface area contributed by atoms with Crippen LogP contribution in [0.3, 0.4) is 0 Å². The van der Waals surface area contributed by atoms with Gasteiger partial charge in [-0.2, -0.15) is 10.1 Å². The van der Waals surface area contributed by atoms with Crippen LogP contribution in [0.15, 0.2) is 35.4 Å². The molecule has 1 heterocycles. The Morgan fingerprint density at radius 3 is 2.82 bits per heavy atom. The van der Waals surface area contributed by atoms with Crippen molar-refractivity contribution in [2.24, 2.45) is 10.8 Å². The highest BCUT2D eigenvalue weighted by molar-refractivity contribution is 8.12. The van der Waals surface area contributed by atoms with Gasteiger partial charge in [0.05, 0.1) is 5.55 Å². The molecule has 5 nitrogen and oxygen atoms in total. The molecule has 1 aliphatic rings. The number of amides is 2. The maximum Gasteiger partial charge on any atom is 0.338 e. The van der Waals surface area contributed by atoms with Gasteiger partial charge in [-0.15, -0.1) is 0 Å². The molecule has 90 valence electrons. The molecule has 0 bridgehead atoms. The molecule has 0 saturated carbocycles. The summed E-state index contributed by atoms with van der Waals surface area (Å²) in [6.07, 6.45) is 0. The zero-order chi connectivity index (χ0) is 12.3. The molecule has 0 spiro atoms. The number of urea groups is 1. The Bertz CT molecular complexity index is 442. The van der Waals surface area contributed by atoms with E-state index >= 15 is 0 Å². The fraction of sp³-hybridized carbons (Fsp3) is 0.200. The minimum absolute atomic E-state index is 0.596. The van der Waals surface area contributed by atoms with E-state index in [4.69, 9.17) is 10.5 Å². The van der Waals surface area contributed by atoms with E-state index in [9.17, 15) is 9.18 Å². The quantitative estimate of drug-likeness (QED) is 0.895. The van der Waals surface area contributed by atoms with Gasteiger partial charge in [-0.1, -0.05) is 30.3 Å². The molecule has 1 aliphatic heterocycles. The van der Waals surface area contributed by atoms with Crippen molar-refractivity contribution in [2.45, 2.75) is 5.06 Å². The van der Waals surface area contributed by atoms with Crippen LogP contribution in [0.2, 0.25) is 0 Å². The van der Waals surface area contributed by atoms with E-state index in [2.05, 4.69) is 5.10 Å². The summed E-state index contributed by atoms with van der Waals surface area (Å²) in [7, 11) is 0. The van der Waals surface area contributed by atoms with Crippen LogP contribution < -0.4 is 5.73 Å². The van der Waals surface area contributed by atoms with E-state index in [1.807, 2.05) is 6.07 Å². The number of hydrogen-bond donors (Lipinski definition) is 1. The predicted octanol–water partition coefficient (Wildman–Crippen LogP) is 1.81. The van der Waals surface area contributed by atoms with E-state index in [0.717, 1.165) is 16.8 Å². The molecular weight excluding hydrogens is 245 g/mol. The average molecular weight is 255 g/mol. The normalized spacial score (nSPS) is 23.0. The van der Waals surface area contributed by atoms with E-state index in [0.29, 0.717) is 5.56 Å². The third-order valence-electron chi connectivity index (χ3n) is 2.25. The SMILES string of the molecule is NC(=O)N1N=CSC1(OCF)c1ccccc1. The zero-order valence-electron chi connectivity index (χ0n) is 8.75. The van der Waals surface area contributed by atoms with Crippen molar-refractivity contribution in [1.82, 2.24) is 5.01 Å². The molecule has 17 heavy (non-hydrogen) atoms. The van der Waals surface area contributed by atoms with Crippen molar-refractivity contribution in [2.75, 3.05) is 6.86 Å². The van der Waals surface area contributed by atoms with Gasteiger partial charge in [-0.05, 0) is 11.8 Å². The van der Waals surface area contributed by atoms with Crippen molar-refractivity contribution >= 4 is 23.3 Å². The molecule has 0 aliphatic carbocycles. The third-order valence-corrected chi connectivity index (χ3v) is 3.30. The Labute approximate surface area is 101 Å². The number of primary amides is 1. The van der Waals surface area contributed by atoms with Crippen molar-refractivity contribution in [1.29, 1.82) is 0 Å². The van der Waals surface area contributed by atoms with Gasteiger partial charge in [0, 0.05) is 5.56 Å². The molecule has 0 aromatic heterocycles. The molecule has 0 saturated heterocycles. The van der Waals surface area contributed by atoms with Crippen molar-refractivity contribution in [3.8, 4) is 0 Å². The minimum atomic E-state index is -1.35. The summed E-state index contributed by atoms with van der Waals surface area (Å²) in [5.74, 6) is 0. The molecule has 1 aromatic rings. The Balaban J connectivity index is 2.43. The summed E-state index contributed by atoms with van der Waals surface area (Å²) in [5.41, 5.74) is 7.19. The van der Waals surface area contributed by atoms with Gasteiger partial charge in [-0.3, -0.25) is 0 Å². The molecule has 0 fully saturated rings. The molecule has 7 heteroatoms. The van der Waals surface area contributed by atoms with E-state index < -0.39 is 17.9 Å². The Hall–Kier alpha value is -1.60. The van der Waals surface area contributed by atoms with Gasteiger partial charge in [0.2, 0.25) is 5.06 Å². The second kappa shape index (κ2) is 4.72. The molecule has 1 atom stereocenters. The number of alkyl halides is 1. The third kappa shape index (κ3) is 1.98. The van der Waals surface area contributed by atoms with Crippen LogP contribution in [0.4, 0.5) is 9.18 Å². The first-order valence-corrected chi connectivity index (χ1v) is 5.64. The molecular formula is C10H10FN3O2S.